The molecule has 4 aliphatic heterocycles. The summed E-state index contributed by atoms with van der Waals surface area (Å²) in [6, 6.07) is -1.50. The first kappa shape index (κ1) is 24.9. The van der Waals surface area contributed by atoms with E-state index in [0.717, 1.165) is 12.8 Å². The fourth-order valence-electron chi connectivity index (χ4n) is 6.25. The molecule has 7 atom stereocenters. The maximum absolute atomic E-state index is 14.2. The molecule has 4 aliphatic rings. The van der Waals surface area contributed by atoms with Crippen LogP contribution in [0.15, 0.2) is 24.3 Å². The minimum Gasteiger partial charge on any atom is -0.394 e. The van der Waals surface area contributed by atoms with Crippen molar-refractivity contribution in [2.45, 2.75) is 77.3 Å². The number of fused-ring (bicyclic) bond motifs is 2. The third kappa shape index (κ3) is 3.61. The van der Waals surface area contributed by atoms with E-state index in [1.54, 1.807) is 14.7 Å². The van der Waals surface area contributed by atoms with Gasteiger partial charge in [0, 0.05) is 25.7 Å². The third-order valence-electron chi connectivity index (χ3n) is 8.17. The molecule has 1 spiro atoms. The average Bonchev–Trinajstić information content (AvgIpc) is 3.12. The van der Waals surface area contributed by atoms with Gasteiger partial charge in [-0.05, 0) is 26.2 Å². The van der Waals surface area contributed by atoms with Crippen LogP contribution in [0.1, 0.15) is 47.5 Å². The molecule has 4 rings (SSSR count). The van der Waals surface area contributed by atoms with E-state index in [4.69, 9.17) is 4.74 Å². The average molecular weight is 474 g/mol. The fraction of sp³-hybridized carbons (Fsp3) is 0.731. The third-order valence-corrected chi connectivity index (χ3v) is 8.17. The fourth-order valence-corrected chi connectivity index (χ4v) is 6.25. The summed E-state index contributed by atoms with van der Waals surface area (Å²) in [6.07, 6.45) is 8.60. The summed E-state index contributed by atoms with van der Waals surface area (Å²) in [5, 5.41) is 10.4. The Morgan fingerprint density at radius 3 is 2.44 bits per heavy atom. The van der Waals surface area contributed by atoms with Crippen LogP contribution >= 0.6 is 0 Å². The summed E-state index contributed by atoms with van der Waals surface area (Å²) in [7, 11) is 0. The highest BCUT2D eigenvalue weighted by molar-refractivity contribution is 6.00. The molecule has 0 aromatic rings. The highest BCUT2D eigenvalue weighted by atomic mass is 16.5. The highest BCUT2D eigenvalue weighted by Crippen LogP contribution is 2.54. The summed E-state index contributed by atoms with van der Waals surface area (Å²) in [5.74, 6) is -2.05. The molecule has 2 saturated heterocycles. The minimum atomic E-state index is -1.23. The molecule has 8 nitrogen and oxygen atoms in total. The van der Waals surface area contributed by atoms with Crippen molar-refractivity contribution in [1.29, 1.82) is 0 Å². The van der Waals surface area contributed by atoms with Gasteiger partial charge in [-0.3, -0.25) is 14.4 Å². The maximum Gasteiger partial charge on any atom is 0.249 e. The number of ether oxygens (including phenoxy) is 1. The van der Waals surface area contributed by atoms with Crippen LogP contribution in [0.5, 0.6) is 0 Å². The van der Waals surface area contributed by atoms with E-state index >= 15 is 0 Å². The van der Waals surface area contributed by atoms with Gasteiger partial charge in [-0.15, -0.1) is 0 Å². The van der Waals surface area contributed by atoms with Gasteiger partial charge in [0.15, 0.2) is 0 Å². The van der Waals surface area contributed by atoms with E-state index in [2.05, 4.69) is 0 Å². The molecule has 0 aliphatic carbocycles. The van der Waals surface area contributed by atoms with E-state index in [-0.39, 0.29) is 36.3 Å². The molecule has 1 N–H and O–H groups in total. The van der Waals surface area contributed by atoms with Crippen molar-refractivity contribution < 1.29 is 24.2 Å². The Bertz CT molecular complexity index is 886. The Kier molecular flexibility index (Phi) is 6.93. The standard InChI is InChI=1S/C26H39N3O5/c1-6-12-27-13-8-10-19-20(23(27)31)21-24(32)29(18(15-30)17(5)7-2)22-25(33)28(16(3)4)14-9-11-26(21,22)34-19/h8-11,16-22,30H,6-7,12-15H2,1-5H3/t17-,18-,19+,20-,21-,22?,26-/m0/s1. The molecule has 34 heavy (non-hydrogen) atoms. The Morgan fingerprint density at radius 2 is 1.82 bits per heavy atom. The summed E-state index contributed by atoms with van der Waals surface area (Å²) >= 11 is 0. The van der Waals surface area contributed by atoms with Gasteiger partial charge < -0.3 is 24.5 Å². The highest BCUT2D eigenvalue weighted by Gasteiger charge is 2.72. The molecule has 3 amide bonds. The van der Waals surface area contributed by atoms with Crippen LogP contribution in [-0.2, 0) is 19.1 Å². The monoisotopic (exact) mass is 473 g/mol. The predicted molar refractivity (Wildman–Crippen MR) is 128 cm³/mol. The SMILES string of the molecule is CCCN1CC=C[C@H]2O[C@]34C=CCN(C(C)C)C(=O)C3N([C@@H](CO)[C@@H](C)CC)C(=O)[C@@H]4[C@H]2C1=O. The quantitative estimate of drug-likeness (QED) is 0.567. The van der Waals surface area contributed by atoms with Crippen LogP contribution in [0, 0.1) is 17.8 Å². The second-order valence-corrected chi connectivity index (χ2v) is 10.4. The van der Waals surface area contributed by atoms with Crippen LogP contribution in [0.3, 0.4) is 0 Å². The molecule has 0 aromatic carbocycles. The number of rotatable bonds is 7. The summed E-state index contributed by atoms with van der Waals surface area (Å²) in [5.41, 5.74) is -1.23. The molecule has 0 bridgehead atoms. The van der Waals surface area contributed by atoms with E-state index < -0.39 is 35.6 Å². The Morgan fingerprint density at radius 1 is 1.09 bits per heavy atom. The minimum absolute atomic E-state index is 0.0190. The Balaban J connectivity index is 1.87. The molecule has 0 aromatic heterocycles. The van der Waals surface area contributed by atoms with Gasteiger partial charge in [0.05, 0.1) is 30.6 Å². The van der Waals surface area contributed by atoms with Crippen LogP contribution in [0.25, 0.3) is 0 Å². The lowest BCUT2D eigenvalue weighted by Gasteiger charge is -2.41. The topological polar surface area (TPSA) is 90.4 Å². The van der Waals surface area contributed by atoms with Crippen molar-refractivity contribution in [3.63, 3.8) is 0 Å². The Labute approximate surface area is 202 Å². The molecule has 2 fully saturated rings. The molecular formula is C26H39N3O5. The van der Waals surface area contributed by atoms with E-state index in [1.165, 1.54) is 0 Å². The summed E-state index contributed by atoms with van der Waals surface area (Å²) in [4.78, 5) is 47.1. The zero-order chi connectivity index (χ0) is 24.8. The van der Waals surface area contributed by atoms with Crippen molar-refractivity contribution in [3.8, 4) is 0 Å². The van der Waals surface area contributed by atoms with E-state index in [1.807, 2.05) is 58.9 Å². The molecule has 1 unspecified atom stereocenters. The lowest BCUT2D eigenvalue weighted by molar-refractivity contribution is -0.153. The first-order valence-corrected chi connectivity index (χ1v) is 12.8. The van der Waals surface area contributed by atoms with Crippen LogP contribution < -0.4 is 0 Å². The van der Waals surface area contributed by atoms with Gasteiger partial charge in [0.25, 0.3) is 0 Å². The first-order chi connectivity index (χ1) is 16.2. The van der Waals surface area contributed by atoms with Crippen molar-refractivity contribution in [3.05, 3.63) is 24.3 Å². The summed E-state index contributed by atoms with van der Waals surface area (Å²) in [6.45, 7) is 11.2. The first-order valence-electron chi connectivity index (χ1n) is 12.8. The lowest BCUT2D eigenvalue weighted by atomic mass is 9.77. The number of carbonyl (C=O) groups excluding carboxylic acids is 3. The number of likely N-dealkylation sites (tertiary alicyclic amines) is 1. The maximum atomic E-state index is 14.2. The zero-order valence-corrected chi connectivity index (χ0v) is 21.0. The molecule has 8 heteroatoms. The predicted octanol–water partition coefficient (Wildman–Crippen LogP) is 1.59. The van der Waals surface area contributed by atoms with Gasteiger partial charge in [-0.25, -0.2) is 0 Å². The van der Waals surface area contributed by atoms with Crippen LogP contribution in [-0.4, -0.2) is 93.6 Å². The van der Waals surface area contributed by atoms with Gasteiger partial charge in [-0.2, -0.15) is 0 Å². The van der Waals surface area contributed by atoms with Crippen molar-refractivity contribution in [1.82, 2.24) is 14.7 Å². The Hall–Kier alpha value is -2.19. The van der Waals surface area contributed by atoms with E-state index in [0.29, 0.717) is 19.6 Å². The molecule has 4 heterocycles. The molecule has 0 saturated carbocycles. The van der Waals surface area contributed by atoms with Crippen molar-refractivity contribution in [2.24, 2.45) is 17.8 Å². The molecular weight excluding hydrogens is 434 g/mol. The van der Waals surface area contributed by atoms with E-state index in [9.17, 15) is 19.5 Å². The number of carbonyl (C=O) groups is 3. The zero-order valence-electron chi connectivity index (χ0n) is 21.0. The smallest absolute Gasteiger partial charge is 0.249 e. The number of hydrogen-bond donors (Lipinski definition) is 1. The lowest BCUT2D eigenvalue weighted by Crippen LogP contribution is -2.60. The second kappa shape index (κ2) is 9.46. The number of nitrogens with zero attached hydrogens (tertiary/aromatic N) is 3. The van der Waals surface area contributed by atoms with Gasteiger partial charge in [0.2, 0.25) is 17.7 Å². The van der Waals surface area contributed by atoms with Crippen molar-refractivity contribution in [2.75, 3.05) is 26.2 Å². The van der Waals surface area contributed by atoms with Crippen LogP contribution in [0.4, 0.5) is 0 Å². The van der Waals surface area contributed by atoms with Gasteiger partial charge in [0.1, 0.15) is 11.6 Å². The second-order valence-electron chi connectivity index (χ2n) is 10.4. The summed E-state index contributed by atoms with van der Waals surface area (Å²) < 4.78 is 6.63. The molecule has 188 valence electrons. The van der Waals surface area contributed by atoms with Gasteiger partial charge in [-0.1, -0.05) is 51.5 Å². The van der Waals surface area contributed by atoms with Crippen LogP contribution in [0.2, 0.25) is 0 Å². The number of amides is 3. The number of aliphatic hydroxyl groups is 1. The largest absolute Gasteiger partial charge is 0.394 e. The molecule has 0 radical (unpaired) electrons. The normalized spacial score (nSPS) is 34.8. The number of aliphatic hydroxyl groups excluding tert-OH is 1. The number of hydrogen-bond acceptors (Lipinski definition) is 5. The van der Waals surface area contributed by atoms with Crippen molar-refractivity contribution >= 4 is 17.7 Å². The van der Waals surface area contributed by atoms with Gasteiger partial charge >= 0.3 is 0 Å².